The van der Waals surface area contributed by atoms with Gasteiger partial charge in [-0.15, -0.1) is 13.2 Å². The number of ether oxygens (including phenoxy) is 2. The Morgan fingerprint density at radius 2 is 1.95 bits per heavy atom. The van der Waals surface area contributed by atoms with E-state index in [0.29, 0.717) is 0 Å². The number of hydrogen-bond donors (Lipinski definition) is 1. The van der Waals surface area contributed by atoms with Crippen molar-refractivity contribution in [2.45, 2.75) is 58.1 Å². The highest BCUT2D eigenvalue weighted by atomic mass is 16.6. The predicted molar refractivity (Wildman–Crippen MR) is 81.8 cm³/mol. The van der Waals surface area contributed by atoms with Crippen LogP contribution in [0.2, 0.25) is 0 Å². The summed E-state index contributed by atoms with van der Waals surface area (Å²) in [5, 5.41) is 10.5. The normalized spacial score (nSPS) is 23.0. The van der Waals surface area contributed by atoms with Crippen LogP contribution in [-0.2, 0) is 9.47 Å². The Morgan fingerprint density at radius 3 is 2.38 bits per heavy atom. The van der Waals surface area contributed by atoms with Gasteiger partial charge in [0.05, 0.1) is 18.8 Å². The SMILES string of the molecule is C=CC(C=C)[C@@H](O)[C@@H]1COC(C)(C)N1C(=O)OC(C)(C)C. The molecule has 1 fully saturated rings. The fourth-order valence-corrected chi connectivity index (χ4v) is 2.38. The van der Waals surface area contributed by atoms with E-state index in [1.54, 1.807) is 46.8 Å². The van der Waals surface area contributed by atoms with Gasteiger partial charge < -0.3 is 14.6 Å². The van der Waals surface area contributed by atoms with Crippen LogP contribution in [0, 0.1) is 5.92 Å². The molecule has 5 heteroatoms. The molecule has 1 amide bonds. The standard InChI is InChI=1S/C16H27NO4/c1-8-11(9-2)13(18)12-10-20-16(6,7)17(12)14(19)21-15(3,4)5/h8-9,11-13,18H,1-2,10H2,3-7H3/t12-,13+/m0/s1. The van der Waals surface area contributed by atoms with Crippen molar-refractivity contribution in [3.63, 3.8) is 0 Å². The fourth-order valence-electron chi connectivity index (χ4n) is 2.38. The van der Waals surface area contributed by atoms with E-state index in [-0.39, 0.29) is 12.5 Å². The molecule has 1 rings (SSSR count). The van der Waals surface area contributed by atoms with Crippen molar-refractivity contribution in [2.75, 3.05) is 6.61 Å². The molecular weight excluding hydrogens is 270 g/mol. The molecule has 5 nitrogen and oxygen atoms in total. The second kappa shape index (κ2) is 6.20. The Morgan fingerprint density at radius 1 is 1.43 bits per heavy atom. The van der Waals surface area contributed by atoms with Crippen LogP contribution in [0.15, 0.2) is 25.3 Å². The summed E-state index contributed by atoms with van der Waals surface area (Å²) in [6.07, 6.45) is 1.88. The van der Waals surface area contributed by atoms with E-state index in [4.69, 9.17) is 9.47 Å². The molecule has 1 heterocycles. The van der Waals surface area contributed by atoms with Gasteiger partial charge >= 0.3 is 6.09 Å². The van der Waals surface area contributed by atoms with Crippen molar-refractivity contribution in [1.29, 1.82) is 0 Å². The molecule has 0 bridgehead atoms. The summed E-state index contributed by atoms with van der Waals surface area (Å²) in [5.41, 5.74) is -1.44. The van der Waals surface area contributed by atoms with Gasteiger partial charge in [-0.25, -0.2) is 4.79 Å². The second-order valence-corrected chi connectivity index (χ2v) is 6.71. The molecular formula is C16H27NO4. The van der Waals surface area contributed by atoms with E-state index < -0.39 is 29.6 Å². The van der Waals surface area contributed by atoms with E-state index in [2.05, 4.69) is 13.2 Å². The Labute approximate surface area is 127 Å². The number of carbonyl (C=O) groups excluding carboxylic acids is 1. The molecule has 1 aliphatic rings. The second-order valence-electron chi connectivity index (χ2n) is 6.71. The molecule has 0 aromatic heterocycles. The Bertz CT molecular complexity index is 403. The highest BCUT2D eigenvalue weighted by Gasteiger charge is 2.49. The first kappa shape index (κ1) is 17.7. The van der Waals surface area contributed by atoms with Crippen LogP contribution >= 0.6 is 0 Å². The zero-order chi connectivity index (χ0) is 16.4. The third kappa shape index (κ3) is 4.08. The first-order valence-electron chi connectivity index (χ1n) is 7.13. The third-order valence-corrected chi connectivity index (χ3v) is 3.44. The van der Waals surface area contributed by atoms with Crippen LogP contribution in [0.1, 0.15) is 34.6 Å². The van der Waals surface area contributed by atoms with Gasteiger partial charge in [0, 0.05) is 5.92 Å². The van der Waals surface area contributed by atoms with Crippen LogP contribution in [0.25, 0.3) is 0 Å². The Kier molecular flexibility index (Phi) is 5.23. The molecule has 0 aliphatic carbocycles. The average Bonchev–Trinajstić information content (AvgIpc) is 2.64. The molecule has 0 saturated carbocycles. The van der Waals surface area contributed by atoms with Gasteiger partial charge in [0.15, 0.2) is 0 Å². The number of nitrogens with zero attached hydrogens (tertiary/aromatic N) is 1. The van der Waals surface area contributed by atoms with Crippen molar-refractivity contribution in [3.05, 3.63) is 25.3 Å². The largest absolute Gasteiger partial charge is 0.444 e. The van der Waals surface area contributed by atoms with Gasteiger partial charge in [0.1, 0.15) is 11.3 Å². The summed E-state index contributed by atoms with van der Waals surface area (Å²) in [6.45, 7) is 16.6. The van der Waals surface area contributed by atoms with E-state index in [0.717, 1.165) is 0 Å². The quantitative estimate of drug-likeness (QED) is 0.811. The fraction of sp³-hybridized carbons (Fsp3) is 0.688. The summed E-state index contributed by atoms with van der Waals surface area (Å²) in [4.78, 5) is 13.9. The zero-order valence-corrected chi connectivity index (χ0v) is 13.6. The van der Waals surface area contributed by atoms with Crippen LogP contribution < -0.4 is 0 Å². The minimum absolute atomic E-state index is 0.242. The summed E-state index contributed by atoms with van der Waals surface area (Å²) in [7, 11) is 0. The van der Waals surface area contributed by atoms with Crippen LogP contribution in [-0.4, -0.2) is 46.2 Å². The minimum atomic E-state index is -0.839. The van der Waals surface area contributed by atoms with Gasteiger partial charge in [0.25, 0.3) is 0 Å². The lowest BCUT2D eigenvalue weighted by Gasteiger charge is -2.37. The summed E-state index contributed by atoms with van der Waals surface area (Å²) in [5.74, 6) is -0.322. The molecule has 0 aromatic rings. The van der Waals surface area contributed by atoms with Crippen molar-refractivity contribution < 1.29 is 19.4 Å². The maximum atomic E-state index is 12.5. The van der Waals surface area contributed by atoms with E-state index in [9.17, 15) is 9.90 Å². The highest BCUT2D eigenvalue weighted by molar-refractivity contribution is 5.70. The van der Waals surface area contributed by atoms with Crippen molar-refractivity contribution >= 4 is 6.09 Å². The molecule has 0 unspecified atom stereocenters. The Hall–Kier alpha value is -1.33. The van der Waals surface area contributed by atoms with E-state index in [1.807, 2.05) is 0 Å². The van der Waals surface area contributed by atoms with Crippen molar-refractivity contribution in [1.82, 2.24) is 4.90 Å². The lowest BCUT2D eigenvalue weighted by molar-refractivity contribution is -0.0687. The van der Waals surface area contributed by atoms with E-state index >= 15 is 0 Å². The first-order chi connectivity index (χ1) is 9.53. The Balaban J connectivity index is 3.01. The van der Waals surface area contributed by atoms with Crippen molar-refractivity contribution in [3.8, 4) is 0 Å². The molecule has 120 valence electrons. The summed E-state index contributed by atoms with van der Waals surface area (Å²) in [6, 6.07) is -0.504. The lowest BCUT2D eigenvalue weighted by Crippen LogP contribution is -2.54. The molecule has 21 heavy (non-hydrogen) atoms. The molecule has 1 aliphatic heterocycles. The maximum Gasteiger partial charge on any atom is 0.412 e. The zero-order valence-electron chi connectivity index (χ0n) is 13.6. The van der Waals surface area contributed by atoms with Crippen LogP contribution in [0.5, 0.6) is 0 Å². The molecule has 0 spiro atoms. The number of aliphatic hydroxyl groups excluding tert-OH is 1. The number of carbonyl (C=O) groups is 1. The smallest absolute Gasteiger partial charge is 0.412 e. The molecule has 2 atom stereocenters. The summed E-state index contributed by atoms with van der Waals surface area (Å²) < 4.78 is 11.1. The number of amides is 1. The van der Waals surface area contributed by atoms with Gasteiger partial charge in [-0.05, 0) is 34.6 Å². The third-order valence-electron chi connectivity index (χ3n) is 3.44. The molecule has 1 saturated heterocycles. The van der Waals surface area contributed by atoms with Crippen LogP contribution in [0.3, 0.4) is 0 Å². The van der Waals surface area contributed by atoms with Crippen LogP contribution in [0.4, 0.5) is 4.79 Å². The highest BCUT2D eigenvalue weighted by Crippen LogP contribution is 2.32. The maximum absolute atomic E-state index is 12.5. The van der Waals surface area contributed by atoms with Gasteiger partial charge in [-0.3, -0.25) is 4.90 Å². The van der Waals surface area contributed by atoms with E-state index in [1.165, 1.54) is 4.90 Å². The minimum Gasteiger partial charge on any atom is -0.444 e. The van der Waals surface area contributed by atoms with Gasteiger partial charge in [-0.1, -0.05) is 12.2 Å². The monoisotopic (exact) mass is 297 g/mol. The number of hydrogen-bond acceptors (Lipinski definition) is 4. The summed E-state index contributed by atoms with van der Waals surface area (Å²) >= 11 is 0. The van der Waals surface area contributed by atoms with Gasteiger partial charge in [-0.2, -0.15) is 0 Å². The topological polar surface area (TPSA) is 59.0 Å². The first-order valence-corrected chi connectivity index (χ1v) is 7.13. The lowest BCUT2D eigenvalue weighted by atomic mass is 9.95. The molecule has 0 aromatic carbocycles. The average molecular weight is 297 g/mol. The molecule has 1 N–H and O–H groups in total. The number of rotatable bonds is 4. The van der Waals surface area contributed by atoms with Gasteiger partial charge in [0.2, 0.25) is 0 Å². The molecule has 0 radical (unpaired) electrons. The number of aliphatic hydroxyl groups is 1. The predicted octanol–water partition coefficient (Wildman–Crippen LogP) is 2.71. The van der Waals surface area contributed by atoms with Crippen molar-refractivity contribution in [2.24, 2.45) is 5.92 Å².